The summed E-state index contributed by atoms with van der Waals surface area (Å²) < 4.78 is 1.57. The molecule has 2 aromatic heterocycles. The first-order chi connectivity index (χ1) is 12.7. The number of anilines is 2. The molecule has 0 unspecified atom stereocenters. The Morgan fingerprint density at radius 3 is 2.65 bits per heavy atom. The Morgan fingerprint density at radius 2 is 1.81 bits per heavy atom. The highest BCUT2D eigenvalue weighted by molar-refractivity contribution is 5.56. The maximum Gasteiger partial charge on any atom is 0.259 e. The van der Waals surface area contributed by atoms with E-state index in [1.807, 2.05) is 25.2 Å². The molecular weight excluding hydrogens is 324 g/mol. The molecule has 3 heterocycles. The van der Waals surface area contributed by atoms with Gasteiger partial charge in [-0.25, -0.2) is 4.98 Å². The van der Waals surface area contributed by atoms with Gasteiger partial charge in [0.1, 0.15) is 11.5 Å². The molecule has 26 heavy (non-hydrogen) atoms. The zero-order valence-electron chi connectivity index (χ0n) is 15.1. The van der Waals surface area contributed by atoms with Gasteiger partial charge >= 0.3 is 0 Å². The lowest BCUT2D eigenvalue weighted by atomic mass is 10.1. The first kappa shape index (κ1) is 16.6. The summed E-state index contributed by atoms with van der Waals surface area (Å²) in [6.45, 7) is 2.97. The van der Waals surface area contributed by atoms with E-state index in [0.29, 0.717) is 11.5 Å². The highest BCUT2D eigenvalue weighted by Crippen LogP contribution is 2.26. The van der Waals surface area contributed by atoms with Crippen molar-refractivity contribution in [2.45, 2.75) is 25.8 Å². The van der Waals surface area contributed by atoms with Crippen LogP contribution in [0.3, 0.4) is 0 Å². The molecule has 1 aliphatic rings. The fourth-order valence-electron chi connectivity index (χ4n) is 3.66. The third-order valence-corrected chi connectivity index (χ3v) is 5.04. The molecule has 3 aromatic rings. The Bertz CT molecular complexity index is 959. The molecule has 1 aliphatic heterocycles. The van der Waals surface area contributed by atoms with Crippen LogP contribution in [0.2, 0.25) is 0 Å². The molecule has 0 radical (unpaired) electrons. The van der Waals surface area contributed by atoms with Crippen molar-refractivity contribution in [2.24, 2.45) is 0 Å². The van der Waals surface area contributed by atoms with Crippen molar-refractivity contribution >= 4 is 17.2 Å². The van der Waals surface area contributed by atoms with Gasteiger partial charge < -0.3 is 9.80 Å². The largest absolute Gasteiger partial charge is 0.371 e. The van der Waals surface area contributed by atoms with E-state index in [-0.39, 0.29) is 5.56 Å². The fourth-order valence-corrected chi connectivity index (χ4v) is 3.66. The average molecular weight is 348 g/mol. The zero-order chi connectivity index (χ0) is 17.9. The minimum atomic E-state index is -0.0539. The molecule has 0 atom stereocenters. The van der Waals surface area contributed by atoms with Crippen molar-refractivity contribution in [3.05, 3.63) is 70.6 Å². The van der Waals surface area contributed by atoms with Crippen LogP contribution in [0.15, 0.2) is 59.5 Å². The lowest BCUT2D eigenvalue weighted by molar-refractivity contribution is 0.576. The van der Waals surface area contributed by atoms with Gasteiger partial charge in [0.05, 0.1) is 0 Å². The summed E-state index contributed by atoms with van der Waals surface area (Å²) >= 11 is 0. The number of para-hydroxylation sites is 1. The van der Waals surface area contributed by atoms with Gasteiger partial charge in [0.15, 0.2) is 0 Å². The van der Waals surface area contributed by atoms with Crippen molar-refractivity contribution in [3.8, 4) is 0 Å². The smallest absolute Gasteiger partial charge is 0.259 e. The van der Waals surface area contributed by atoms with E-state index < -0.39 is 0 Å². The second-order valence-corrected chi connectivity index (χ2v) is 6.91. The van der Waals surface area contributed by atoms with Gasteiger partial charge in [-0.05, 0) is 43.0 Å². The minimum Gasteiger partial charge on any atom is -0.371 e. The molecule has 1 fully saturated rings. The molecule has 0 aliphatic carbocycles. The van der Waals surface area contributed by atoms with Gasteiger partial charge in [-0.2, -0.15) is 0 Å². The van der Waals surface area contributed by atoms with Crippen molar-refractivity contribution in [2.75, 3.05) is 29.9 Å². The van der Waals surface area contributed by atoms with Gasteiger partial charge in [0.25, 0.3) is 5.56 Å². The average Bonchev–Trinajstić information content (AvgIpc) is 2.69. The molecule has 0 saturated carbocycles. The first-order valence-electron chi connectivity index (χ1n) is 9.25. The van der Waals surface area contributed by atoms with Crippen LogP contribution in [0.25, 0.3) is 5.65 Å². The Kier molecular flexibility index (Phi) is 4.61. The van der Waals surface area contributed by atoms with E-state index in [4.69, 9.17) is 0 Å². The summed E-state index contributed by atoms with van der Waals surface area (Å²) in [4.78, 5) is 21.5. The molecule has 5 heteroatoms. The van der Waals surface area contributed by atoms with Crippen LogP contribution < -0.4 is 15.4 Å². The number of pyridine rings is 1. The predicted octanol–water partition coefficient (Wildman–Crippen LogP) is 3.32. The number of piperidine rings is 1. The molecular formula is C21H24N4O. The molecule has 5 nitrogen and oxygen atoms in total. The second-order valence-electron chi connectivity index (χ2n) is 6.91. The number of fused-ring (bicyclic) bond motifs is 1. The molecule has 0 N–H and O–H groups in total. The summed E-state index contributed by atoms with van der Waals surface area (Å²) in [6, 6.07) is 15.8. The topological polar surface area (TPSA) is 40.9 Å². The van der Waals surface area contributed by atoms with Crippen molar-refractivity contribution in [1.29, 1.82) is 0 Å². The van der Waals surface area contributed by atoms with Gasteiger partial charge in [0.2, 0.25) is 0 Å². The van der Waals surface area contributed by atoms with Crippen LogP contribution in [0.4, 0.5) is 11.5 Å². The summed E-state index contributed by atoms with van der Waals surface area (Å²) in [5.41, 5.74) is 3.19. The summed E-state index contributed by atoms with van der Waals surface area (Å²) in [6.07, 6.45) is 5.59. The number of hydrogen-bond donors (Lipinski definition) is 0. The number of aromatic nitrogens is 2. The van der Waals surface area contributed by atoms with E-state index >= 15 is 0 Å². The lowest BCUT2D eigenvalue weighted by Gasteiger charge is -2.31. The number of benzene rings is 1. The Labute approximate surface area is 153 Å². The molecule has 0 bridgehead atoms. The predicted molar refractivity (Wildman–Crippen MR) is 106 cm³/mol. The third-order valence-electron chi connectivity index (χ3n) is 5.04. The van der Waals surface area contributed by atoms with E-state index in [1.165, 1.54) is 30.5 Å². The third kappa shape index (κ3) is 3.29. The van der Waals surface area contributed by atoms with E-state index in [0.717, 1.165) is 19.6 Å². The van der Waals surface area contributed by atoms with E-state index in [2.05, 4.69) is 39.0 Å². The molecule has 0 spiro atoms. The summed E-state index contributed by atoms with van der Waals surface area (Å²) in [5.74, 6) is 0.703. The Morgan fingerprint density at radius 1 is 1.04 bits per heavy atom. The van der Waals surface area contributed by atoms with Crippen LogP contribution in [0, 0.1) is 0 Å². The van der Waals surface area contributed by atoms with E-state index in [1.54, 1.807) is 16.7 Å². The molecule has 1 saturated heterocycles. The highest BCUT2D eigenvalue weighted by atomic mass is 16.1. The van der Waals surface area contributed by atoms with Crippen LogP contribution in [-0.2, 0) is 6.54 Å². The number of hydrogen-bond acceptors (Lipinski definition) is 4. The van der Waals surface area contributed by atoms with E-state index in [9.17, 15) is 4.79 Å². The van der Waals surface area contributed by atoms with Crippen LogP contribution >= 0.6 is 0 Å². The Balaban J connectivity index is 1.63. The number of nitrogens with zero attached hydrogens (tertiary/aromatic N) is 4. The van der Waals surface area contributed by atoms with Gasteiger partial charge in [0, 0.05) is 44.6 Å². The highest BCUT2D eigenvalue weighted by Gasteiger charge is 2.16. The molecule has 4 rings (SSSR count). The van der Waals surface area contributed by atoms with Crippen LogP contribution in [-0.4, -0.2) is 29.5 Å². The molecule has 134 valence electrons. The fraction of sp³-hybridized carbons (Fsp3) is 0.333. The lowest BCUT2D eigenvalue weighted by Crippen LogP contribution is -2.31. The quantitative estimate of drug-likeness (QED) is 0.725. The minimum absolute atomic E-state index is 0.0539. The maximum atomic E-state index is 12.4. The van der Waals surface area contributed by atoms with Gasteiger partial charge in [-0.1, -0.05) is 24.3 Å². The van der Waals surface area contributed by atoms with Gasteiger partial charge in [-0.3, -0.25) is 9.20 Å². The second kappa shape index (κ2) is 7.20. The normalized spacial score (nSPS) is 14.6. The molecule has 1 aromatic carbocycles. The monoisotopic (exact) mass is 348 g/mol. The van der Waals surface area contributed by atoms with Crippen molar-refractivity contribution < 1.29 is 0 Å². The summed E-state index contributed by atoms with van der Waals surface area (Å²) in [5, 5.41) is 0. The summed E-state index contributed by atoms with van der Waals surface area (Å²) in [7, 11) is 1.99. The van der Waals surface area contributed by atoms with Crippen molar-refractivity contribution in [1.82, 2.24) is 9.38 Å². The van der Waals surface area contributed by atoms with Crippen LogP contribution in [0.5, 0.6) is 0 Å². The zero-order valence-corrected chi connectivity index (χ0v) is 15.1. The number of rotatable bonds is 4. The standard InChI is InChI=1S/C21H24N4O/c1-23(20-15-21(26)25-14-8-5-11-19(25)22-20)16-17-9-3-4-10-18(17)24-12-6-2-7-13-24/h3-5,8-11,14-15H,2,6-7,12-13,16H2,1H3. The SMILES string of the molecule is CN(Cc1ccccc1N1CCCCC1)c1cc(=O)n2ccccc2n1. The maximum absolute atomic E-state index is 12.4. The Hall–Kier alpha value is -2.82. The van der Waals surface area contributed by atoms with Crippen molar-refractivity contribution in [3.63, 3.8) is 0 Å². The molecule has 0 amide bonds. The first-order valence-corrected chi connectivity index (χ1v) is 9.25. The van der Waals surface area contributed by atoms with Crippen LogP contribution in [0.1, 0.15) is 24.8 Å². The van der Waals surface area contributed by atoms with Gasteiger partial charge in [-0.15, -0.1) is 0 Å².